The molecular formula is C20H25N3. The summed E-state index contributed by atoms with van der Waals surface area (Å²) >= 11 is 0. The fraction of sp³-hybridized carbons (Fsp3) is 0.450. The van der Waals surface area contributed by atoms with Crippen LogP contribution >= 0.6 is 0 Å². The van der Waals surface area contributed by atoms with Crippen LogP contribution < -0.4 is 10.7 Å². The van der Waals surface area contributed by atoms with Crippen molar-refractivity contribution in [3.63, 3.8) is 0 Å². The maximum Gasteiger partial charge on any atom is 0.107 e. The Morgan fingerprint density at radius 1 is 1.09 bits per heavy atom. The van der Waals surface area contributed by atoms with Gasteiger partial charge in [-0.15, -0.1) is 0 Å². The van der Waals surface area contributed by atoms with Gasteiger partial charge in [-0.3, -0.25) is 0 Å². The highest BCUT2D eigenvalue weighted by molar-refractivity contribution is 5.36. The van der Waals surface area contributed by atoms with E-state index in [1.165, 1.54) is 43.0 Å². The molecule has 1 saturated carbocycles. The SMILES string of the molecule is Cc1nc2c(n1Cc1ccccc1)=CCN(C1CCCCC1)C=2. The molecule has 23 heavy (non-hydrogen) atoms. The third-order valence-corrected chi connectivity index (χ3v) is 5.24. The van der Waals surface area contributed by atoms with Crippen LogP contribution in [0.25, 0.3) is 12.3 Å². The first-order valence-corrected chi connectivity index (χ1v) is 8.86. The van der Waals surface area contributed by atoms with Crippen LogP contribution in [0.2, 0.25) is 0 Å². The maximum absolute atomic E-state index is 4.83. The number of aryl methyl sites for hydroxylation is 1. The molecule has 3 nitrogen and oxygen atoms in total. The molecule has 0 spiro atoms. The molecule has 1 fully saturated rings. The second-order valence-corrected chi connectivity index (χ2v) is 6.82. The Hall–Kier alpha value is -2.03. The van der Waals surface area contributed by atoms with E-state index >= 15 is 0 Å². The quantitative estimate of drug-likeness (QED) is 0.868. The van der Waals surface area contributed by atoms with E-state index in [1.54, 1.807) is 0 Å². The molecule has 2 aromatic rings. The average Bonchev–Trinajstić information content (AvgIpc) is 2.91. The first-order valence-electron chi connectivity index (χ1n) is 8.86. The highest BCUT2D eigenvalue weighted by Gasteiger charge is 2.20. The minimum atomic E-state index is 0.715. The monoisotopic (exact) mass is 307 g/mol. The Morgan fingerprint density at radius 3 is 2.65 bits per heavy atom. The molecule has 2 aliphatic rings. The van der Waals surface area contributed by atoms with Crippen LogP contribution in [0.4, 0.5) is 0 Å². The summed E-state index contributed by atoms with van der Waals surface area (Å²) in [7, 11) is 0. The molecule has 1 aliphatic carbocycles. The van der Waals surface area contributed by atoms with Gasteiger partial charge in [-0.1, -0.05) is 49.6 Å². The lowest BCUT2D eigenvalue weighted by molar-refractivity contribution is 0.257. The van der Waals surface area contributed by atoms with Crippen LogP contribution in [0.5, 0.6) is 0 Å². The molecule has 1 aromatic carbocycles. The Morgan fingerprint density at radius 2 is 1.87 bits per heavy atom. The van der Waals surface area contributed by atoms with Crippen LogP contribution in [0.3, 0.4) is 0 Å². The molecule has 0 bridgehead atoms. The van der Waals surface area contributed by atoms with Crippen LogP contribution in [0.15, 0.2) is 30.3 Å². The standard InChI is InChI=1S/C20H25N3/c1-16-21-19-15-22(18-10-6-3-7-11-18)13-12-20(19)23(16)14-17-8-4-2-5-9-17/h2,4-5,8-9,12,15,18H,3,6-7,10-11,13-14H2,1H3. The molecule has 0 unspecified atom stereocenters. The number of hydrogen-bond acceptors (Lipinski definition) is 2. The second-order valence-electron chi connectivity index (χ2n) is 6.82. The smallest absolute Gasteiger partial charge is 0.107 e. The summed E-state index contributed by atoms with van der Waals surface area (Å²) in [5.41, 5.74) is 1.33. The van der Waals surface area contributed by atoms with Crippen molar-refractivity contribution in [2.75, 3.05) is 6.54 Å². The summed E-state index contributed by atoms with van der Waals surface area (Å²) in [6.45, 7) is 4.05. The average molecular weight is 307 g/mol. The molecule has 120 valence electrons. The van der Waals surface area contributed by atoms with Gasteiger partial charge in [0.25, 0.3) is 0 Å². The zero-order valence-corrected chi connectivity index (χ0v) is 13.9. The highest BCUT2D eigenvalue weighted by Crippen LogP contribution is 2.23. The van der Waals surface area contributed by atoms with Gasteiger partial charge >= 0.3 is 0 Å². The van der Waals surface area contributed by atoms with Crippen molar-refractivity contribution in [1.29, 1.82) is 0 Å². The molecule has 4 rings (SSSR count). The summed E-state index contributed by atoms with van der Waals surface area (Å²) in [5.74, 6) is 1.11. The largest absolute Gasteiger partial charge is 0.369 e. The van der Waals surface area contributed by atoms with E-state index in [4.69, 9.17) is 4.98 Å². The van der Waals surface area contributed by atoms with Gasteiger partial charge in [-0.05, 0) is 31.4 Å². The number of benzene rings is 1. The van der Waals surface area contributed by atoms with E-state index in [0.29, 0.717) is 6.04 Å². The zero-order valence-electron chi connectivity index (χ0n) is 13.9. The number of nitrogens with zero attached hydrogens (tertiary/aromatic N) is 3. The van der Waals surface area contributed by atoms with Crippen LogP contribution in [0.1, 0.15) is 43.5 Å². The van der Waals surface area contributed by atoms with Gasteiger partial charge < -0.3 is 9.47 Å². The van der Waals surface area contributed by atoms with E-state index in [-0.39, 0.29) is 0 Å². The summed E-state index contributed by atoms with van der Waals surface area (Å²) in [6.07, 6.45) is 11.5. The molecule has 2 heterocycles. The molecule has 3 heteroatoms. The fourth-order valence-corrected chi connectivity index (χ4v) is 3.95. The minimum Gasteiger partial charge on any atom is -0.369 e. The minimum absolute atomic E-state index is 0.715. The lowest BCUT2D eigenvalue weighted by atomic mass is 9.94. The topological polar surface area (TPSA) is 21.1 Å². The normalized spacial score (nSPS) is 18.2. The van der Waals surface area contributed by atoms with E-state index in [0.717, 1.165) is 24.3 Å². The van der Waals surface area contributed by atoms with Crippen molar-refractivity contribution >= 4 is 12.3 Å². The Bertz CT molecular complexity index is 782. The Balaban J connectivity index is 1.64. The number of hydrogen-bond donors (Lipinski definition) is 0. The van der Waals surface area contributed by atoms with Crippen molar-refractivity contribution in [2.24, 2.45) is 0 Å². The summed E-state index contributed by atoms with van der Waals surface area (Å²) in [4.78, 5) is 7.34. The molecule has 1 aliphatic heterocycles. The predicted octanol–water partition coefficient (Wildman–Crippen LogP) is 2.41. The number of aromatic nitrogens is 2. The van der Waals surface area contributed by atoms with E-state index < -0.39 is 0 Å². The van der Waals surface area contributed by atoms with Gasteiger partial charge in [0.2, 0.25) is 0 Å². The second kappa shape index (κ2) is 6.23. The van der Waals surface area contributed by atoms with Crippen molar-refractivity contribution in [3.05, 3.63) is 52.4 Å². The van der Waals surface area contributed by atoms with Gasteiger partial charge in [0.15, 0.2) is 0 Å². The first kappa shape index (κ1) is 14.6. The highest BCUT2D eigenvalue weighted by atomic mass is 15.2. The predicted molar refractivity (Wildman–Crippen MR) is 94.3 cm³/mol. The third-order valence-electron chi connectivity index (χ3n) is 5.24. The van der Waals surface area contributed by atoms with Gasteiger partial charge in [0.1, 0.15) is 11.2 Å². The lowest BCUT2D eigenvalue weighted by Gasteiger charge is -2.33. The molecule has 0 radical (unpaired) electrons. The van der Waals surface area contributed by atoms with Crippen LogP contribution in [-0.2, 0) is 6.54 Å². The van der Waals surface area contributed by atoms with Gasteiger partial charge in [-0.25, -0.2) is 4.98 Å². The van der Waals surface area contributed by atoms with E-state index in [1.807, 2.05) is 0 Å². The summed E-state index contributed by atoms with van der Waals surface area (Å²) < 4.78 is 2.35. The number of rotatable bonds is 3. The first-order chi connectivity index (χ1) is 11.3. The lowest BCUT2D eigenvalue weighted by Crippen LogP contribution is -2.43. The fourth-order valence-electron chi connectivity index (χ4n) is 3.95. The van der Waals surface area contributed by atoms with Gasteiger partial charge in [0.05, 0.1) is 5.35 Å². The number of fused-ring (bicyclic) bond motifs is 1. The number of imidazole rings is 1. The zero-order chi connectivity index (χ0) is 15.6. The van der Waals surface area contributed by atoms with Crippen molar-refractivity contribution in [3.8, 4) is 0 Å². The van der Waals surface area contributed by atoms with Crippen molar-refractivity contribution in [1.82, 2.24) is 14.5 Å². The van der Waals surface area contributed by atoms with Crippen molar-refractivity contribution in [2.45, 2.75) is 51.6 Å². The maximum atomic E-state index is 4.83. The Labute approximate surface area is 138 Å². The van der Waals surface area contributed by atoms with E-state index in [2.05, 4.69) is 59.0 Å². The summed E-state index contributed by atoms with van der Waals surface area (Å²) in [5, 5.41) is 2.44. The molecule has 0 N–H and O–H groups in total. The Kier molecular flexibility index (Phi) is 3.94. The molecule has 0 atom stereocenters. The third kappa shape index (κ3) is 2.92. The van der Waals surface area contributed by atoms with Gasteiger partial charge in [-0.2, -0.15) is 0 Å². The van der Waals surface area contributed by atoms with E-state index in [9.17, 15) is 0 Å². The molecule has 1 aromatic heterocycles. The molecular weight excluding hydrogens is 282 g/mol. The molecule has 0 amide bonds. The van der Waals surface area contributed by atoms with Crippen LogP contribution in [0, 0.1) is 6.92 Å². The summed E-state index contributed by atoms with van der Waals surface area (Å²) in [6, 6.07) is 11.4. The van der Waals surface area contributed by atoms with Gasteiger partial charge in [0, 0.05) is 25.3 Å². The molecule has 0 saturated heterocycles. The van der Waals surface area contributed by atoms with Crippen molar-refractivity contribution < 1.29 is 0 Å². The van der Waals surface area contributed by atoms with Crippen LogP contribution in [-0.4, -0.2) is 27.0 Å².